The van der Waals surface area contributed by atoms with E-state index in [-0.39, 0.29) is 0 Å². The van der Waals surface area contributed by atoms with E-state index in [9.17, 15) is 4.79 Å². The van der Waals surface area contributed by atoms with Gasteiger partial charge in [-0.1, -0.05) is 30.3 Å². The van der Waals surface area contributed by atoms with Gasteiger partial charge in [-0.15, -0.1) is 0 Å². The van der Waals surface area contributed by atoms with Gasteiger partial charge < -0.3 is 14.6 Å². The molecule has 4 nitrogen and oxygen atoms in total. The third-order valence-corrected chi connectivity index (χ3v) is 2.82. The third kappa shape index (κ3) is 2.52. The van der Waals surface area contributed by atoms with Crippen molar-refractivity contribution in [1.29, 1.82) is 0 Å². The molecule has 0 bridgehead atoms. The number of rotatable bonds is 4. The van der Waals surface area contributed by atoms with Crippen LogP contribution < -0.4 is 0 Å². The lowest BCUT2D eigenvalue weighted by molar-refractivity contribution is -0.100. The summed E-state index contributed by atoms with van der Waals surface area (Å²) in [7, 11) is 1.54. The Balaban J connectivity index is 2.97. The summed E-state index contributed by atoms with van der Waals surface area (Å²) >= 11 is 0. The standard InChI is InChI=1S/C12H16O4/c1-9(16-11(13)14)12(2,15-3)10-7-5-4-6-8-10/h4-9H,1-3H3,(H,13,14). The summed E-state index contributed by atoms with van der Waals surface area (Å²) in [5.41, 5.74) is 0.103. The van der Waals surface area contributed by atoms with E-state index < -0.39 is 17.9 Å². The fourth-order valence-corrected chi connectivity index (χ4v) is 1.55. The second kappa shape index (κ2) is 4.99. The zero-order chi connectivity index (χ0) is 12.2. The van der Waals surface area contributed by atoms with Crippen molar-refractivity contribution >= 4 is 6.16 Å². The first-order chi connectivity index (χ1) is 7.50. The van der Waals surface area contributed by atoms with Crippen LogP contribution in [0, 0.1) is 0 Å². The van der Waals surface area contributed by atoms with Crippen LogP contribution in [0.5, 0.6) is 0 Å². The lowest BCUT2D eigenvalue weighted by Crippen LogP contribution is -2.39. The Bertz CT molecular complexity index is 349. The number of carbonyl (C=O) groups is 1. The molecule has 0 saturated carbocycles. The molecule has 2 unspecified atom stereocenters. The van der Waals surface area contributed by atoms with Gasteiger partial charge in [0.25, 0.3) is 0 Å². The minimum absolute atomic E-state index is 0.586. The molecular formula is C12H16O4. The van der Waals surface area contributed by atoms with E-state index in [0.717, 1.165) is 5.56 Å². The Labute approximate surface area is 94.8 Å². The Morgan fingerprint density at radius 2 is 1.94 bits per heavy atom. The maximum atomic E-state index is 10.5. The van der Waals surface area contributed by atoms with Crippen LogP contribution in [-0.4, -0.2) is 24.5 Å². The molecule has 1 aromatic rings. The molecule has 0 aliphatic rings. The number of carboxylic acid groups (broad SMARTS) is 1. The number of methoxy groups -OCH3 is 1. The van der Waals surface area contributed by atoms with Gasteiger partial charge in [-0.2, -0.15) is 0 Å². The van der Waals surface area contributed by atoms with Crippen molar-refractivity contribution in [2.75, 3.05) is 7.11 Å². The van der Waals surface area contributed by atoms with Crippen LogP contribution in [0.4, 0.5) is 4.79 Å². The van der Waals surface area contributed by atoms with Gasteiger partial charge >= 0.3 is 6.16 Å². The van der Waals surface area contributed by atoms with E-state index in [0.29, 0.717) is 0 Å². The predicted molar refractivity (Wildman–Crippen MR) is 59.4 cm³/mol. The fraction of sp³-hybridized carbons (Fsp3) is 0.417. The summed E-state index contributed by atoms with van der Waals surface area (Å²) in [4.78, 5) is 10.5. The first kappa shape index (κ1) is 12.5. The zero-order valence-corrected chi connectivity index (χ0v) is 9.64. The lowest BCUT2D eigenvalue weighted by Gasteiger charge is -2.33. The highest BCUT2D eigenvalue weighted by atomic mass is 16.7. The van der Waals surface area contributed by atoms with Crippen molar-refractivity contribution in [3.05, 3.63) is 35.9 Å². The van der Waals surface area contributed by atoms with E-state index in [4.69, 9.17) is 14.6 Å². The topological polar surface area (TPSA) is 55.8 Å². The van der Waals surface area contributed by atoms with E-state index in [2.05, 4.69) is 0 Å². The maximum Gasteiger partial charge on any atom is 0.506 e. The summed E-state index contributed by atoms with van der Waals surface area (Å²) in [5, 5.41) is 8.61. The highest BCUT2D eigenvalue weighted by Gasteiger charge is 2.35. The molecule has 0 heterocycles. The first-order valence-electron chi connectivity index (χ1n) is 5.01. The van der Waals surface area contributed by atoms with Gasteiger partial charge in [0.2, 0.25) is 0 Å². The summed E-state index contributed by atoms with van der Waals surface area (Å²) in [5.74, 6) is 0. The predicted octanol–water partition coefficient (Wildman–Crippen LogP) is 2.63. The first-order valence-corrected chi connectivity index (χ1v) is 5.01. The molecule has 1 N–H and O–H groups in total. The molecule has 0 fully saturated rings. The maximum absolute atomic E-state index is 10.5. The molecule has 0 aliphatic carbocycles. The highest BCUT2D eigenvalue weighted by molar-refractivity contribution is 5.57. The Kier molecular flexibility index (Phi) is 3.90. The lowest BCUT2D eigenvalue weighted by atomic mass is 9.90. The minimum atomic E-state index is -1.30. The number of ether oxygens (including phenoxy) is 2. The van der Waals surface area contributed by atoms with E-state index in [1.165, 1.54) is 7.11 Å². The molecule has 0 radical (unpaired) electrons. The fourth-order valence-electron chi connectivity index (χ4n) is 1.55. The normalized spacial score (nSPS) is 16.2. The second-order valence-electron chi connectivity index (χ2n) is 3.70. The molecule has 0 aliphatic heterocycles. The summed E-state index contributed by atoms with van der Waals surface area (Å²) in [6, 6.07) is 9.40. The smallest absolute Gasteiger partial charge is 0.450 e. The molecule has 1 aromatic carbocycles. The average molecular weight is 224 g/mol. The van der Waals surface area contributed by atoms with Crippen molar-refractivity contribution < 1.29 is 19.4 Å². The zero-order valence-electron chi connectivity index (χ0n) is 9.64. The van der Waals surface area contributed by atoms with Gasteiger partial charge in [-0.25, -0.2) is 4.79 Å². The molecule has 4 heteroatoms. The van der Waals surface area contributed by atoms with Crippen LogP contribution >= 0.6 is 0 Å². The van der Waals surface area contributed by atoms with E-state index >= 15 is 0 Å². The van der Waals surface area contributed by atoms with Crippen molar-refractivity contribution in [1.82, 2.24) is 0 Å². The summed E-state index contributed by atoms with van der Waals surface area (Å²) in [6.07, 6.45) is -1.89. The van der Waals surface area contributed by atoms with Crippen LogP contribution in [0.25, 0.3) is 0 Å². The van der Waals surface area contributed by atoms with Crippen molar-refractivity contribution in [2.24, 2.45) is 0 Å². The van der Waals surface area contributed by atoms with E-state index in [1.54, 1.807) is 13.8 Å². The van der Waals surface area contributed by atoms with Crippen LogP contribution in [-0.2, 0) is 15.1 Å². The molecular weight excluding hydrogens is 208 g/mol. The molecule has 16 heavy (non-hydrogen) atoms. The summed E-state index contributed by atoms with van der Waals surface area (Å²) < 4.78 is 10.2. The molecule has 0 amide bonds. The number of hydrogen-bond acceptors (Lipinski definition) is 3. The van der Waals surface area contributed by atoms with Crippen molar-refractivity contribution in [2.45, 2.75) is 25.6 Å². The SMILES string of the molecule is COC(C)(c1ccccc1)C(C)OC(=O)O. The Morgan fingerprint density at radius 3 is 2.38 bits per heavy atom. The molecule has 88 valence electrons. The number of benzene rings is 1. The van der Waals surface area contributed by atoms with Crippen LogP contribution in [0.3, 0.4) is 0 Å². The Morgan fingerprint density at radius 1 is 1.38 bits per heavy atom. The Hall–Kier alpha value is -1.55. The van der Waals surface area contributed by atoms with Gasteiger partial charge in [-0.3, -0.25) is 0 Å². The third-order valence-electron chi connectivity index (χ3n) is 2.82. The van der Waals surface area contributed by atoms with Crippen LogP contribution in [0.2, 0.25) is 0 Å². The summed E-state index contributed by atoms with van der Waals surface area (Å²) in [6.45, 7) is 3.47. The van der Waals surface area contributed by atoms with Crippen molar-refractivity contribution in [3.8, 4) is 0 Å². The van der Waals surface area contributed by atoms with Gasteiger partial charge in [0.15, 0.2) is 0 Å². The van der Waals surface area contributed by atoms with Gasteiger partial charge in [0.05, 0.1) is 0 Å². The highest BCUT2D eigenvalue weighted by Crippen LogP contribution is 2.30. The van der Waals surface area contributed by atoms with Gasteiger partial charge in [0.1, 0.15) is 11.7 Å². The number of hydrogen-bond donors (Lipinski definition) is 1. The largest absolute Gasteiger partial charge is 0.506 e. The van der Waals surface area contributed by atoms with Crippen LogP contribution in [0.1, 0.15) is 19.4 Å². The van der Waals surface area contributed by atoms with E-state index in [1.807, 2.05) is 30.3 Å². The van der Waals surface area contributed by atoms with Gasteiger partial charge in [0, 0.05) is 7.11 Å². The molecule has 0 saturated heterocycles. The second-order valence-corrected chi connectivity index (χ2v) is 3.70. The molecule has 0 spiro atoms. The van der Waals surface area contributed by atoms with Gasteiger partial charge in [-0.05, 0) is 19.4 Å². The molecule has 0 aromatic heterocycles. The average Bonchev–Trinajstić information content (AvgIpc) is 2.28. The quantitative estimate of drug-likeness (QED) is 0.799. The molecule has 1 rings (SSSR count). The van der Waals surface area contributed by atoms with Crippen LogP contribution in [0.15, 0.2) is 30.3 Å². The minimum Gasteiger partial charge on any atom is -0.450 e. The molecule has 2 atom stereocenters. The monoisotopic (exact) mass is 224 g/mol. The van der Waals surface area contributed by atoms with Crippen molar-refractivity contribution in [3.63, 3.8) is 0 Å².